The molecular weight excluding hydrogens is 393 g/mol. The lowest BCUT2D eigenvalue weighted by Crippen LogP contribution is -2.27. The van der Waals surface area contributed by atoms with Crippen molar-refractivity contribution in [3.63, 3.8) is 0 Å². The maximum atomic E-state index is 12.5. The average molecular weight is 410 g/mol. The zero-order chi connectivity index (χ0) is 18.7. The lowest BCUT2D eigenvalue weighted by molar-refractivity contribution is 0.104. The van der Waals surface area contributed by atoms with Gasteiger partial charge in [0.2, 0.25) is 10.0 Å². The molecule has 136 valence electrons. The first-order valence-corrected chi connectivity index (χ1v) is 10.4. The van der Waals surface area contributed by atoms with E-state index in [1.807, 2.05) is 0 Å². The molecule has 2 aromatic rings. The van der Waals surface area contributed by atoms with Crippen molar-refractivity contribution in [1.29, 1.82) is 0 Å². The van der Waals surface area contributed by atoms with E-state index in [1.54, 1.807) is 24.3 Å². The normalized spacial score (nSPS) is 15.6. The Kier molecular flexibility index (Phi) is 5.82. The van der Waals surface area contributed by atoms with Gasteiger partial charge in [0.25, 0.3) is 0 Å². The van der Waals surface area contributed by atoms with Crippen LogP contribution in [0.5, 0.6) is 0 Å². The number of carbonyl (C=O) groups excluding carboxylic acids is 1. The molecule has 4 nitrogen and oxygen atoms in total. The number of nitrogens with zero attached hydrogens (tertiary/aromatic N) is 1. The Balaban J connectivity index is 1.75. The van der Waals surface area contributed by atoms with Crippen molar-refractivity contribution in [2.24, 2.45) is 0 Å². The fraction of sp³-hybridized carbons (Fsp3) is 0.211. The first kappa shape index (κ1) is 19.1. The predicted molar refractivity (Wildman–Crippen MR) is 104 cm³/mol. The van der Waals surface area contributed by atoms with Crippen LogP contribution in [-0.4, -0.2) is 31.6 Å². The van der Waals surface area contributed by atoms with Gasteiger partial charge in [0.05, 0.1) is 4.90 Å². The highest BCUT2D eigenvalue weighted by Crippen LogP contribution is 2.23. The van der Waals surface area contributed by atoms with Crippen LogP contribution in [0.3, 0.4) is 0 Å². The number of hydrogen-bond acceptors (Lipinski definition) is 3. The molecule has 0 unspecified atom stereocenters. The fourth-order valence-corrected chi connectivity index (χ4v) is 4.76. The zero-order valence-corrected chi connectivity index (χ0v) is 16.2. The number of benzene rings is 2. The summed E-state index contributed by atoms with van der Waals surface area (Å²) in [4.78, 5) is 12.5. The van der Waals surface area contributed by atoms with Gasteiger partial charge in [-0.15, -0.1) is 0 Å². The standard InChI is InChI=1S/C19H17Cl2NO3S/c20-16-7-3-14(18(21)13-16)6-10-19(23)15-4-8-17(9-5-15)26(24,25)22-11-1-2-12-22/h3-10,13H,1-2,11-12H2/b10-6+. The second kappa shape index (κ2) is 7.92. The van der Waals surface area contributed by atoms with Gasteiger partial charge in [0.1, 0.15) is 0 Å². The smallest absolute Gasteiger partial charge is 0.243 e. The number of allylic oxidation sites excluding steroid dienone is 1. The lowest BCUT2D eigenvalue weighted by atomic mass is 10.1. The highest BCUT2D eigenvalue weighted by molar-refractivity contribution is 7.89. The number of ketones is 1. The molecule has 0 atom stereocenters. The molecule has 0 amide bonds. The summed E-state index contributed by atoms with van der Waals surface area (Å²) in [6.45, 7) is 1.10. The van der Waals surface area contributed by atoms with Gasteiger partial charge in [-0.3, -0.25) is 4.79 Å². The monoisotopic (exact) mass is 409 g/mol. The summed E-state index contributed by atoms with van der Waals surface area (Å²) >= 11 is 11.9. The second-order valence-electron chi connectivity index (χ2n) is 6.00. The van der Waals surface area contributed by atoms with Crippen molar-refractivity contribution in [1.82, 2.24) is 4.31 Å². The van der Waals surface area contributed by atoms with E-state index in [4.69, 9.17) is 23.2 Å². The van der Waals surface area contributed by atoms with E-state index in [0.29, 0.717) is 34.3 Å². The lowest BCUT2D eigenvalue weighted by Gasteiger charge is -2.15. The third kappa shape index (κ3) is 4.18. The molecule has 2 aromatic carbocycles. The Morgan fingerprint density at radius 1 is 1.00 bits per heavy atom. The van der Waals surface area contributed by atoms with E-state index in [2.05, 4.69) is 0 Å². The van der Waals surface area contributed by atoms with Crippen LogP contribution in [0, 0.1) is 0 Å². The Bertz CT molecular complexity index is 947. The third-order valence-corrected chi connectivity index (χ3v) is 6.69. The van der Waals surface area contributed by atoms with Crippen molar-refractivity contribution in [3.8, 4) is 0 Å². The summed E-state index contributed by atoms with van der Waals surface area (Å²) in [6, 6.07) is 11.0. The molecule has 0 bridgehead atoms. The molecule has 26 heavy (non-hydrogen) atoms. The number of sulfonamides is 1. The van der Waals surface area contributed by atoms with Gasteiger partial charge in [-0.2, -0.15) is 4.31 Å². The Morgan fingerprint density at radius 2 is 1.65 bits per heavy atom. The van der Waals surface area contributed by atoms with E-state index in [-0.39, 0.29) is 10.7 Å². The van der Waals surface area contributed by atoms with Crippen LogP contribution in [-0.2, 0) is 10.0 Å². The van der Waals surface area contributed by atoms with E-state index in [0.717, 1.165) is 12.8 Å². The summed E-state index contributed by atoms with van der Waals surface area (Å²) in [5.41, 5.74) is 1.09. The van der Waals surface area contributed by atoms with Crippen molar-refractivity contribution in [2.75, 3.05) is 13.1 Å². The van der Waals surface area contributed by atoms with Gasteiger partial charge < -0.3 is 0 Å². The molecule has 1 aliphatic heterocycles. The van der Waals surface area contributed by atoms with Crippen LogP contribution in [0.4, 0.5) is 0 Å². The molecule has 0 radical (unpaired) electrons. The average Bonchev–Trinajstić information content (AvgIpc) is 3.16. The van der Waals surface area contributed by atoms with Gasteiger partial charge in [-0.05, 0) is 67.0 Å². The summed E-state index contributed by atoms with van der Waals surface area (Å²) in [6.07, 6.45) is 4.77. The molecule has 0 aliphatic carbocycles. The van der Waals surface area contributed by atoms with E-state index in [1.165, 1.54) is 34.6 Å². The third-order valence-electron chi connectivity index (χ3n) is 4.22. The minimum absolute atomic E-state index is 0.209. The van der Waals surface area contributed by atoms with Gasteiger partial charge >= 0.3 is 0 Å². The van der Waals surface area contributed by atoms with Crippen molar-refractivity contribution < 1.29 is 13.2 Å². The summed E-state index contributed by atoms with van der Waals surface area (Å²) in [7, 11) is -3.47. The summed E-state index contributed by atoms with van der Waals surface area (Å²) in [5.74, 6) is -0.235. The topological polar surface area (TPSA) is 54.5 Å². The van der Waals surface area contributed by atoms with E-state index < -0.39 is 10.0 Å². The molecular formula is C19H17Cl2NO3S. The number of carbonyl (C=O) groups is 1. The number of halogens is 2. The van der Waals surface area contributed by atoms with Crippen molar-refractivity contribution in [2.45, 2.75) is 17.7 Å². The molecule has 0 aromatic heterocycles. The minimum Gasteiger partial charge on any atom is -0.289 e. The highest BCUT2D eigenvalue weighted by Gasteiger charge is 2.27. The van der Waals surface area contributed by atoms with E-state index in [9.17, 15) is 13.2 Å². The molecule has 1 heterocycles. The van der Waals surface area contributed by atoms with Crippen LogP contribution in [0.2, 0.25) is 10.0 Å². The molecule has 7 heteroatoms. The minimum atomic E-state index is -3.47. The van der Waals surface area contributed by atoms with Crippen LogP contribution in [0.15, 0.2) is 53.4 Å². The summed E-state index contributed by atoms with van der Waals surface area (Å²) < 4.78 is 26.5. The first-order chi connectivity index (χ1) is 12.4. The highest BCUT2D eigenvalue weighted by atomic mass is 35.5. The van der Waals surface area contributed by atoms with Crippen LogP contribution in [0.1, 0.15) is 28.8 Å². The van der Waals surface area contributed by atoms with Gasteiger partial charge in [0.15, 0.2) is 5.78 Å². The molecule has 1 fully saturated rings. The second-order valence-corrected chi connectivity index (χ2v) is 8.78. The zero-order valence-electron chi connectivity index (χ0n) is 13.9. The van der Waals surface area contributed by atoms with E-state index >= 15 is 0 Å². The first-order valence-electron chi connectivity index (χ1n) is 8.15. The van der Waals surface area contributed by atoms with Crippen molar-refractivity contribution in [3.05, 3.63) is 69.7 Å². The molecule has 1 saturated heterocycles. The summed E-state index contributed by atoms with van der Waals surface area (Å²) in [5, 5.41) is 0.974. The quantitative estimate of drug-likeness (QED) is 0.532. The van der Waals surface area contributed by atoms with Crippen molar-refractivity contribution >= 4 is 45.1 Å². The Labute approximate surface area is 163 Å². The van der Waals surface area contributed by atoms with Crippen LogP contribution in [0.25, 0.3) is 6.08 Å². The molecule has 0 saturated carbocycles. The van der Waals surface area contributed by atoms with Gasteiger partial charge in [0, 0.05) is 28.7 Å². The fourth-order valence-electron chi connectivity index (χ4n) is 2.77. The largest absolute Gasteiger partial charge is 0.289 e. The predicted octanol–water partition coefficient (Wildman–Crippen LogP) is 4.67. The molecule has 3 rings (SSSR count). The van der Waals surface area contributed by atoms with Gasteiger partial charge in [-0.25, -0.2) is 8.42 Å². The Morgan fingerprint density at radius 3 is 2.27 bits per heavy atom. The molecule has 0 N–H and O–H groups in total. The SMILES string of the molecule is O=C(/C=C/c1ccc(Cl)cc1Cl)c1ccc(S(=O)(=O)N2CCCC2)cc1. The van der Waals surface area contributed by atoms with Gasteiger partial charge in [-0.1, -0.05) is 29.3 Å². The van der Waals surface area contributed by atoms with Crippen LogP contribution < -0.4 is 0 Å². The number of hydrogen-bond donors (Lipinski definition) is 0. The van der Waals surface area contributed by atoms with Crippen LogP contribution >= 0.6 is 23.2 Å². The molecule has 1 aliphatic rings. The maximum Gasteiger partial charge on any atom is 0.243 e. The maximum absolute atomic E-state index is 12.5. The Hall–Kier alpha value is -1.66. The molecule has 0 spiro atoms. The number of rotatable bonds is 5.